The van der Waals surface area contributed by atoms with E-state index in [1.54, 1.807) is 11.8 Å². The number of hydrogen-bond acceptors (Lipinski definition) is 3. The van der Waals surface area contributed by atoms with Crippen molar-refractivity contribution >= 4 is 28.7 Å². The van der Waals surface area contributed by atoms with E-state index in [2.05, 4.69) is 10.6 Å². The molecule has 1 aliphatic heterocycles. The second-order valence-corrected chi connectivity index (χ2v) is 7.22. The lowest BCUT2D eigenvalue weighted by molar-refractivity contribution is 0.0725. The summed E-state index contributed by atoms with van der Waals surface area (Å²) in [5, 5.41) is 0. The van der Waals surface area contributed by atoms with Gasteiger partial charge in [0.2, 0.25) is 0 Å². The Morgan fingerprint density at radius 1 is 1.16 bits per heavy atom. The zero-order valence-corrected chi connectivity index (χ0v) is 15.3. The van der Waals surface area contributed by atoms with Crippen LogP contribution in [-0.2, 0) is 7.05 Å². The second kappa shape index (κ2) is 6.56. The summed E-state index contributed by atoms with van der Waals surface area (Å²) >= 11 is 1.62. The topological polar surface area (TPSA) is 38.1 Å². The molecule has 1 aliphatic rings. The lowest BCUT2D eigenvalue weighted by Crippen LogP contribution is -2.32. The fourth-order valence-corrected chi connectivity index (χ4v) is 4.31. The van der Waals surface area contributed by atoms with Crippen molar-refractivity contribution in [1.82, 2.24) is 14.5 Å². The Hall–Kier alpha value is -2.27. The molecule has 5 heteroatoms. The number of amides is 1. The van der Waals surface area contributed by atoms with E-state index in [9.17, 15) is 4.79 Å². The van der Waals surface area contributed by atoms with Crippen LogP contribution in [0.4, 0.5) is 0 Å². The summed E-state index contributed by atoms with van der Waals surface area (Å²) in [6, 6.07) is 16.0. The molecular weight excluding hydrogens is 330 g/mol. The van der Waals surface area contributed by atoms with E-state index in [0.29, 0.717) is 0 Å². The molecule has 0 bridgehead atoms. The van der Waals surface area contributed by atoms with Gasteiger partial charge in [-0.2, -0.15) is 0 Å². The molecule has 1 aromatic heterocycles. The van der Waals surface area contributed by atoms with E-state index in [1.807, 2.05) is 60.7 Å². The third kappa shape index (κ3) is 2.72. The van der Waals surface area contributed by atoms with Crippen LogP contribution in [0.2, 0.25) is 0 Å². The molecule has 128 valence electrons. The van der Waals surface area contributed by atoms with Gasteiger partial charge in [-0.1, -0.05) is 24.3 Å². The van der Waals surface area contributed by atoms with Crippen LogP contribution in [-0.4, -0.2) is 33.2 Å². The average Bonchev–Trinajstić information content (AvgIpc) is 3.26. The van der Waals surface area contributed by atoms with Gasteiger partial charge < -0.3 is 9.47 Å². The molecule has 2 aromatic carbocycles. The molecule has 3 aromatic rings. The van der Waals surface area contributed by atoms with Crippen LogP contribution in [0.25, 0.3) is 11.0 Å². The van der Waals surface area contributed by atoms with Gasteiger partial charge >= 0.3 is 0 Å². The summed E-state index contributed by atoms with van der Waals surface area (Å²) < 4.78 is 2.13. The van der Waals surface area contributed by atoms with Gasteiger partial charge in [0.05, 0.1) is 22.6 Å². The van der Waals surface area contributed by atoms with Gasteiger partial charge in [0.15, 0.2) is 0 Å². The SMILES string of the molecule is CSc1ccccc1C(=O)N1CCC[C@H]1c1nc2ccccc2n1C. The van der Waals surface area contributed by atoms with E-state index in [1.165, 1.54) is 0 Å². The van der Waals surface area contributed by atoms with Crippen molar-refractivity contribution < 1.29 is 4.79 Å². The Kier molecular flexibility index (Phi) is 4.25. The number of carbonyl (C=O) groups excluding carboxylic acids is 1. The molecule has 0 spiro atoms. The van der Waals surface area contributed by atoms with Gasteiger partial charge in [0.1, 0.15) is 5.82 Å². The summed E-state index contributed by atoms with van der Waals surface area (Å²) in [5.41, 5.74) is 2.89. The maximum absolute atomic E-state index is 13.2. The Bertz CT molecular complexity index is 934. The first kappa shape index (κ1) is 16.2. The molecule has 2 heterocycles. The summed E-state index contributed by atoms with van der Waals surface area (Å²) in [7, 11) is 2.04. The normalized spacial score (nSPS) is 17.4. The molecule has 1 fully saturated rings. The monoisotopic (exact) mass is 351 g/mol. The Morgan fingerprint density at radius 2 is 1.92 bits per heavy atom. The Morgan fingerprint density at radius 3 is 2.72 bits per heavy atom. The molecule has 25 heavy (non-hydrogen) atoms. The lowest BCUT2D eigenvalue weighted by atomic mass is 10.1. The Labute approximate surface area is 151 Å². The van der Waals surface area contributed by atoms with Crippen molar-refractivity contribution in [1.29, 1.82) is 0 Å². The zero-order valence-electron chi connectivity index (χ0n) is 14.5. The minimum atomic E-state index is 0.0415. The van der Waals surface area contributed by atoms with Crippen LogP contribution in [0, 0.1) is 0 Å². The van der Waals surface area contributed by atoms with Gasteiger partial charge in [0.25, 0.3) is 5.91 Å². The molecule has 1 atom stereocenters. The molecule has 1 saturated heterocycles. The van der Waals surface area contributed by atoms with Crippen molar-refractivity contribution in [3.05, 3.63) is 59.9 Å². The summed E-state index contributed by atoms with van der Waals surface area (Å²) in [4.78, 5) is 21.1. The van der Waals surface area contributed by atoms with Crippen LogP contribution in [0.5, 0.6) is 0 Å². The van der Waals surface area contributed by atoms with Crippen LogP contribution < -0.4 is 0 Å². The highest BCUT2D eigenvalue weighted by atomic mass is 32.2. The Balaban J connectivity index is 1.72. The number of aryl methyl sites for hydroxylation is 1. The number of imidazole rings is 1. The van der Waals surface area contributed by atoms with E-state index in [-0.39, 0.29) is 11.9 Å². The molecular formula is C20H21N3OS. The van der Waals surface area contributed by atoms with Gasteiger partial charge in [-0.05, 0) is 43.4 Å². The van der Waals surface area contributed by atoms with Crippen LogP contribution in [0.3, 0.4) is 0 Å². The van der Waals surface area contributed by atoms with Crippen molar-refractivity contribution in [2.75, 3.05) is 12.8 Å². The van der Waals surface area contributed by atoms with Crippen molar-refractivity contribution in [2.45, 2.75) is 23.8 Å². The van der Waals surface area contributed by atoms with Crippen molar-refractivity contribution in [3.63, 3.8) is 0 Å². The standard InChI is InChI=1S/C20H21N3OS/c1-22-16-10-5-4-9-15(16)21-19(22)17-11-7-13-23(17)20(24)14-8-3-6-12-18(14)25-2/h3-6,8-10,12,17H,7,11,13H2,1-2H3/t17-/m0/s1. The minimum absolute atomic E-state index is 0.0415. The molecule has 0 aliphatic carbocycles. The largest absolute Gasteiger partial charge is 0.329 e. The fraction of sp³-hybridized carbons (Fsp3) is 0.300. The molecule has 4 nitrogen and oxygen atoms in total. The zero-order chi connectivity index (χ0) is 17.4. The number of hydrogen-bond donors (Lipinski definition) is 0. The van der Waals surface area contributed by atoms with Gasteiger partial charge in [0, 0.05) is 18.5 Å². The first-order valence-corrected chi connectivity index (χ1v) is 9.78. The van der Waals surface area contributed by atoms with Crippen LogP contribution in [0.1, 0.15) is 35.1 Å². The van der Waals surface area contributed by atoms with Crippen LogP contribution >= 0.6 is 11.8 Å². The van der Waals surface area contributed by atoms with E-state index >= 15 is 0 Å². The number of aromatic nitrogens is 2. The quantitative estimate of drug-likeness (QED) is 0.661. The van der Waals surface area contributed by atoms with E-state index < -0.39 is 0 Å². The number of benzene rings is 2. The summed E-state index contributed by atoms with van der Waals surface area (Å²) in [6.45, 7) is 0.787. The van der Waals surface area contributed by atoms with E-state index in [4.69, 9.17) is 4.98 Å². The smallest absolute Gasteiger partial charge is 0.255 e. The molecule has 1 amide bonds. The predicted molar refractivity (Wildman–Crippen MR) is 102 cm³/mol. The third-order valence-electron chi connectivity index (χ3n) is 4.97. The molecule has 0 unspecified atom stereocenters. The number of carbonyl (C=O) groups is 1. The van der Waals surface area contributed by atoms with Gasteiger partial charge in [-0.3, -0.25) is 4.79 Å². The first-order chi connectivity index (χ1) is 12.2. The number of nitrogens with zero attached hydrogens (tertiary/aromatic N) is 3. The number of likely N-dealkylation sites (tertiary alicyclic amines) is 1. The summed E-state index contributed by atoms with van der Waals surface area (Å²) in [5.74, 6) is 1.09. The van der Waals surface area contributed by atoms with Crippen molar-refractivity contribution in [3.8, 4) is 0 Å². The van der Waals surface area contributed by atoms with Crippen molar-refractivity contribution in [2.24, 2.45) is 7.05 Å². The highest BCUT2D eigenvalue weighted by Crippen LogP contribution is 2.35. The molecule has 0 radical (unpaired) electrons. The molecule has 4 rings (SSSR count). The summed E-state index contributed by atoms with van der Waals surface area (Å²) in [6.07, 6.45) is 3.99. The maximum atomic E-state index is 13.2. The minimum Gasteiger partial charge on any atom is -0.329 e. The lowest BCUT2D eigenvalue weighted by Gasteiger charge is -2.25. The number of thioether (sulfide) groups is 1. The second-order valence-electron chi connectivity index (χ2n) is 6.37. The molecule has 0 N–H and O–H groups in total. The number of rotatable bonds is 3. The average molecular weight is 351 g/mol. The first-order valence-electron chi connectivity index (χ1n) is 8.56. The van der Waals surface area contributed by atoms with Gasteiger partial charge in [-0.15, -0.1) is 11.8 Å². The fourth-order valence-electron chi connectivity index (χ4n) is 3.72. The maximum Gasteiger partial charge on any atom is 0.255 e. The highest BCUT2D eigenvalue weighted by molar-refractivity contribution is 7.98. The third-order valence-corrected chi connectivity index (χ3v) is 5.77. The van der Waals surface area contributed by atoms with E-state index in [0.717, 1.165) is 46.7 Å². The molecule has 0 saturated carbocycles. The number of fused-ring (bicyclic) bond motifs is 1. The van der Waals surface area contributed by atoms with Gasteiger partial charge in [-0.25, -0.2) is 4.98 Å². The highest BCUT2D eigenvalue weighted by Gasteiger charge is 2.34. The van der Waals surface area contributed by atoms with Crippen LogP contribution in [0.15, 0.2) is 53.4 Å². The number of para-hydroxylation sites is 2. The predicted octanol–water partition coefficient (Wildman–Crippen LogP) is 4.27.